The van der Waals surface area contributed by atoms with Crippen LogP contribution in [0.25, 0.3) is 0 Å². The summed E-state index contributed by atoms with van der Waals surface area (Å²) in [5, 5.41) is 6.24. The van der Waals surface area contributed by atoms with E-state index in [4.69, 9.17) is 9.47 Å². The maximum atomic E-state index is 12.3. The lowest BCUT2D eigenvalue weighted by Gasteiger charge is -2.15. The number of amides is 1. The maximum Gasteiger partial charge on any atom is 0.251 e. The fourth-order valence-corrected chi connectivity index (χ4v) is 2.82. The quantitative estimate of drug-likeness (QED) is 0.787. The lowest BCUT2D eigenvalue weighted by Crippen LogP contribution is -2.29. The van der Waals surface area contributed by atoms with Crippen LogP contribution in [-0.2, 0) is 4.74 Å². The minimum absolute atomic E-state index is 0.0630. The van der Waals surface area contributed by atoms with Gasteiger partial charge in [0.15, 0.2) is 0 Å². The zero-order valence-corrected chi connectivity index (χ0v) is 13.3. The number of carbonyl (C=O) groups is 1. The van der Waals surface area contributed by atoms with Gasteiger partial charge in [-0.3, -0.25) is 4.79 Å². The first-order valence-electron chi connectivity index (χ1n) is 8.32. The third-order valence-electron chi connectivity index (χ3n) is 4.19. The van der Waals surface area contributed by atoms with Crippen LogP contribution in [0.15, 0.2) is 35.9 Å². The first kappa shape index (κ1) is 16.0. The number of hydrogen-bond acceptors (Lipinski definition) is 4. The number of benzene rings is 1. The van der Waals surface area contributed by atoms with Crippen LogP contribution in [0.4, 0.5) is 0 Å². The molecular formula is C18H24N2O3. The first-order valence-corrected chi connectivity index (χ1v) is 8.32. The molecule has 5 heteroatoms. The molecule has 2 aliphatic heterocycles. The molecule has 1 amide bonds. The van der Waals surface area contributed by atoms with Crippen LogP contribution in [0.3, 0.4) is 0 Å². The van der Waals surface area contributed by atoms with Gasteiger partial charge in [-0.2, -0.15) is 0 Å². The van der Waals surface area contributed by atoms with Crippen molar-refractivity contribution < 1.29 is 14.3 Å². The summed E-state index contributed by atoms with van der Waals surface area (Å²) < 4.78 is 11.3. The van der Waals surface area contributed by atoms with Crippen molar-refractivity contribution in [2.24, 2.45) is 0 Å². The molecule has 1 fully saturated rings. The van der Waals surface area contributed by atoms with Gasteiger partial charge in [-0.05, 0) is 44.0 Å². The summed E-state index contributed by atoms with van der Waals surface area (Å²) in [6.45, 7) is 3.85. The first-order chi connectivity index (χ1) is 11.3. The highest BCUT2D eigenvalue weighted by Crippen LogP contribution is 2.17. The summed E-state index contributed by atoms with van der Waals surface area (Å²) in [6, 6.07) is 7.33. The third kappa shape index (κ3) is 4.81. The summed E-state index contributed by atoms with van der Waals surface area (Å²) in [4.78, 5) is 12.3. The molecule has 0 aliphatic carbocycles. The van der Waals surface area contributed by atoms with Gasteiger partial charge in [0.2, 0.25) is 0 Å². The Hall–Kier alpha value is -1.85. The average Bonchev–Trinajstić information content (AvgIpc) is 3.12. The van der Waals surface area contributed by atoms with E-state index >= 15 is 0 Å². The molecule has 0 saturated carbocycles. The molecule has 1 unspecified atom stereocenters. The van der Waals surface area contributed by atoms with Crippen LogP contribution in [0.1, 0.15) is 29.6 Å². The molecule has 1 aromatic carbocycles. The van der Waals surface area contributed by atoms with Gasteiger partial charge in [0, 0.05) is 25.3 Å². The zero-order valence-electron chi connectivity index (χ0n) is 13.3. The van der Waals surface area contributed by atoms with Gasteiger partial charge in [0.05, 0.1) is 6.10 Å². The van der Waals surface area contributed by atoms with Crippen molar-refractivity contribution in [3.05, 3.63) is 41.5 Å². The Morgan fingerprint density at radius 2 is 2.39 bits per heavy atom. The van der Waals surface area contributed by atoms with E-state index in [1.165, 1.54) is 5.57 Å². The molecule has 2 N–H and O–H groups in total. The second-order valence-corrected chi connectivity index (χ2v) is 5.97. The van der Waals surface area contributed by atoms with Crippen molar-refractivity contribution in [3.8, 4) is 5.75 Å². The molecule has 1 aromatic rings. The molecule has 3 rings (SSSR count). The molecule has 0 aromatic heterocycles. The van der Waals surface area contributed by atoms with Crippen molar-refractivity contribution in [1.29, 1.82) is 0 Å². The lowest BCUT2D eigenvalue weighted by molar-refractivity contribution is 0.0679. The molecule has 2 heterocycles. The van der Waals surface area contributed by atoms with Crippen molar-refractivity contribution >= 4 is 5.91 Å². The van der Waals surface area contributed by atoms with E-state index in [-0.39, 0.29) is 12.0 Å². The van der Waals surface area contributed by atoms with E-state index in [1.807, 2.05) is 18.2 Å². The van der Waals surface area contributed by atoms with E-state index in [9.17, 15) is 4.79 Å². The van der Waals surface area contributed by atoms with Crippen LogP contribution in [-0.4, -0.2) is 44.9 Å². The Balaban J connectivity index is 1.51. The summed E-state index contributed by atoms with van der Waals surface area (Å²) in [5.74, 6) is 0.654. The van der Waals surface area contributed by atoms with Crippen LogP contribution < -0.4 is 15.4 Å². The van der Waals surface area contributed by atoms with Gasteiger partial charge < -0.3 is 20.1 Å². The predicted octanol–water partition coefficient (Wildman–Crippen LogP) is 1.89. The van der Waals surface area contributed by atoms with Crippen molar-refractivity contribution in [2.75, 3.05) is 32.8 Å². The van der Waals surface area contributed by atoms with Crippen molar-refractivity contribution in [2.45, 2.75) is 25.4 Å². The van der Waals surface area contributed by atoms with E-state index in [1.54, 1.807) is 6.07 Å². The largest absolute Gasteiger partial charge is 0.491 e. The Morgan fingerprint density at radius 3 is 3.17 bits per heavy atom. The third-order valence-corrected chi connectivity index (χ3v) is 4.19. The van der Waals surface area contributed by atoms with Crippen molar-refractivity contribution in [3.63, 3.8) is 0 Å². The summed E-state index contributed by atoms with van der Waals surface area (Å²) in [5.41, 5.74) is 1.91. The minimum atomic E-state index is -0.0630. The molecule has 5 nitrogen and oxygen atoms in total. The standard InChI is InChI=1S/C18H24N2O3/c21-18(20-12-14-6-8-19-9-7-14)15-3-1-4-16(11-15)23-13-17-5-2-10-22-17/h1,3-4,6,11,17,19H,2,5,7-10,12-13H2,(H,20,21). The van der Waals surface area contributed by atoms with Gasteiger partial charge in [-0.25, -0.2) is 0 Å². The van der Waals surface area contributed by atoms with Crippen LogP contribution in [0, 0.1) is 0 Å². The molecule has 1 atom stereocenters. The molecule has 0 radical (unpaired) electrons. The average molecular weight is 316 g/mol. The second kappa shape index (κ2) is 8.13. The SMILES string of the molecule is O=C(NCC1=CCNCC1)c1cccc(OCC2CCCO2)c1. The normalized spacial score (nSPS) is 20.9. The second-order valence-electron chi connectivity index (χ2n) is 5.97. The number of nitrogens with one attached hydrogen (secondary N) is 2. The van der Waals surface area contributed by atoms with Gasteiger partial charge in [0.1, 0.15) is 12.4 Å². The van der Waals surface area contributed by atoms with Gasteiger partial charge >= 0.3 is 0 Å². The molecule has 0 bridgehead atoms. The van der Waals surface area contributed by atoms with Gasteiger partial charge in [-0.1, -0.05) is 17.7 Å². The van der Waals surface area contributed by atoms with Crippen LogP contribution >= 0.6 is 0 Å². The highest BCUT2D eigenvalue weighted by Gasteiger charge is 2.16. The topological polar surface area (TPSA) is 59.6 Å². The van der Waals surface area contributed by atoms with E-state index in [2.05, 4.69) is 16.7 Å². The molecule has 1 saturated heterocycles. The van der Waals surface area contributed by atoms with Crippen molar-refractivity contribution in [1.82, 2.24) is 10.6 Å². The Kier molecular flexibility index (Phi) is 5.66. The molecule has 124 valence electrons. The smallest absolute Gasteiger partial charge is 0.251 e. The number of carbonyl (C=O) groups excluding carboxylic acids is 1. The molecule has 23 heavy (non-hydrogen) atoms. The highest BCUT2D eigenvalue weighted by molar-refractivity contribution is 5.94. The maximum absolute atomic E-state index is 12.3. The van der Waals surface area contributed by atoms with Gasteiger partial charge in [0.25, 0.3) is 5.91 Å². The number of ether oxygens (including phenoxy) is 2. The van der Waals surface area contributed by atoms with Gasteiger partial charge in [-0.15, -0.1) is 0 Å². The van der Waals surface area contributed by atoms with Crippen LogP contribution in [0.2, 0.25) is 0 Å². The summed E-state index contributed by atoms with van der Waals surface area (Å²) >= 11 is 0. The molecular weight excluding hydrogens is 292 g/mol. The number of rotatable bonds is 6. The fourth-order valence-electron chi connectivity index (χ4n) is 2.82. The summed E-state index contributed by atoms with van der Waals surface area (Å²) in [7, 11) is 0. The fraction of sp³-hybridized carbons (Fsp3) is 0.500. The van der Waals surface area contributed by atoms with Crippen LogP contribution in [0.5, 0.6) is 5.75 Å². The Morgan fingerprint density at radius 1 is 1.43 bits per heavy atom. The van der Waals surface area contributed by atoms with E-state index in [0.29, 0.717) is 24.5 Å². The molecule has 0 spiro atoms. The Bertz CT molecular complexity index is 565. The zero-order chi connectivity index (χ0) is 15.9. The van der Waals surface area contributed by atoms with E-state index in [0.717, 1.165) is 39.0 Å². The van der Waals surface area contributed by atoms with E-state index < -0.39 is 0 Å². The monoisotopic (exact) mass is 316 g/mol. The Labute approximate surface area is 137 Å². The number of hydrogen-bond donors (Lipinski definition) is 2. The highest BCUT2D eigenvalue weighted by atomic mass is 16.5. The lowest BCUT2D eigenvalue weighted by atomic mass is 10.1. The predicted molar refractivity (Wildman–Crippen MR) is 88.8 cm³/mol. The summed E-state index contributed by atoms with van der Waals surface area (Å²) in [6.07, 6.45) is 5.46. The minimum Gasteiger partial charge on any atom is -0.491 e. The molecule has 2 aliphatic rings.